The van der Waals surface area contributed by atoms with Gasteiger partial charge in [-0.3, -0.25) is 4.84 Å². The van der Waals surface area contributed by atoms with Gasteiger partial charge in [0.15, 0.2) is 6.61 Å². The van der Waals surface area contributed by atoms with Crippen LogP contribution in [0, 0.1) is 0 Å². The number of carboxylic acids is 1. The lowest BCUT2D eigenvalue weighted by Crippen LogP contribution is -2.30. The van der Waals surface area contributed by atoms with Crippen LogP contribution in [0.5, 0.6) is 5.75 Å². The molecule has 0 saturated heterocycles. The molecule has 0 radical (unpaired) electrons. The van der Waals surface area contributed by atoms with E-state index in [2.05, 4.69) is 30.8 Å². The maximum absolute atomic E-state index is 12.0. The third-order valence-corrected chi connectivity index (χ3v) is 2.40. The van der Waals surface area contributed by atoms with Gasteiger partial charge < -0.3 is 15.2 Å². The van der Waals surface area contributed by atoms with Gasteiger partial charge in [0.1, 0.15) is 5.75 Å². The molecule has 0 saturated carbocycles. The number of halogens is 4. The van der Waals surface area contributed by atoms with Gasteiger partial charge >= 0.3 is 18.4 Å². The first-order valence-corrected chi connectivity index (χ1v) is 5.92. The van der Waals surface area contributed by atoms with E-state index in [0.717, 1.165) is 18.2 Å². The van der Waals surface area contributed by atoms with Gasteiger partial charge in [-0.15, -0.1) is 13.2 Å². The molecular weight excluding hydrogens is 365 g/mol. The van der Waals surface area contributed by atoms with Crippen LogP contribution in [0.15, 0.2) is 22.7 Å². The first-order chi connectivity index (χ1) is 9.67. The Morgan fingerprint density at radius 2 is 2.00 bits per heavy atom. The number of hydrogen-bond donors (Lipinski definition) is 3. The standard InChI is InChI=1S/C10H8BrF3N2O5/c11-6-3-5(1-2-7(6)21-10(12,13)14)15-9(19)16-20-4-8(17)18/h1-3H,4H2,(H,17,18)(H2,15,16,19). The zero-order valence-electron chi connectivity index (χ0n) is 10.0. The first kappa shape index (κ1) is 17.0. The molecule has 0 unspecified atom stereocenters. The average Bonchev–Trinajstić information content (AvgIpc) is 2.30. The normalized spacial score (nSPS) is 10.9. The summed E-state index contributed by atoms with van der Waals surface area (Å²) in [5, 5.41) is 10.5. The highest BCUT2D eigenvalue weighted by Crippen LogP contribution is 2.32. The molecule has 116 valence electrons. The number of carbonyl (C=O) groups excluding carboxylic acids is 1. The van der Waals surface area contributed by atoms with E-state index in [-0.39, 0.29) is 10.2 Å². The highest BCUT2D eigenvalue weighted by Gasteiger charge is 2.31. The van der Waals surface area contributed by atoms with Crippen molar-refractivity contribution in [1.29, 1.82) is 0 Å². The Morgan fingerprint density at radius 1 is 1.33 bits per heavy atom. The van der Waals surface area contributed by atoms with Crippen LogP contribution in [0.3, 0.4) is 0 Å². The van der Waals surface area contributed by atoms with E-state index in [4.69, 9.17) is 5.11 Å². The van der Waals surface area contributed by atoms with Gasteiger partial charge in [0.2, 0.25) is 0 Å². The van der Waals surface area contributed by atoms with Crippen LogP contribution in [0.2, 0.25) is 0 Å². The fraction of sp³-hybridized carbons (Fsp3) is 0.200. The molecule has 0 aliphatic rings. The molecule has 21 heavy (non-hydrogen) atoms. The van der Waals surface area contributed by atoms with Crippen molar-refractivity contribution < 1.29 is 37.4 Å². The fourth-order valence-corrected chi connectivity index (χ4v) is 1.57. The van der Waals surface area contributed by atoms with Crippen LogP contribution < -0.4 is 15.5 Å². The molecule has 2 amide bonds. The monoisotopic (exact) mass is 372 g/mol. The largest absolute Gasteiger partial charge is 0.573 e. The van der Waals surface area contributed by atoms with Crippen molar-refractivity contribution in [2.45, 2.75) is 6.36 Å². The number of amides is 2. The minimum absolute atomic E-state index is 0.0379. The SMILES string of the molecule is O=C(O)CONC(=O)Nc1ccc(OC(F)(F)F)c(Br)c1. The van der Waals surface area contributed by atoms with Crippen LogP contribution in [0.4, 0.5) is 23.7 Å². The Kier molecular flexibility index (Phi) is 5.79. The highest BCUT2D eigenvalue weighted by atomic mass is 79.9. The topological polar surface area (TPSA) is 96.9 Å². The second kappa shape index (κ2) is 7.13. The van der Waals surface area contributed by atoms with Crippen molar-refractivity contribution in [3.63, 3.8) is 0 Å². The summed E-state index contributed by atoms with van der Waals surface area (Å²) >= 11 is 2.86. The second-order valence-corrected chi connectivity index (χ2v) is 4.29. The molecule has 7 nitrogen and oxygen atoms in total. The quantitative estimate of drug-likeness (QED) is 0.690. The van der Waals surface area contributed by atoms with Gasteiger partial charge in [-0.25, -0.2) is 15.1 Å². The van der Waals surface area contributed by atoms with Gasteiger partial charge in [-0.2, -0.15) is 0 Å². The molecule has 11 heteroatoms. The van der Waals surface area contributed by atoms with Gasteiger partial charge in [-0.1, -0.05) is 0 Å². The van der Waals surface area contributed by atoms with Crippen LogP contribution in [0.1, 0.15) is 0 Å². The minimum atomic E-state index is -4.83. The molecule has 0 bridgehead atoms. The lowest BCUT2D eigenvalue weighted by molar-refractivity contribution is -0.274. The van der Waals surface area contributed by atoms with Gasteiger partial charge in [0.25, 0.3) is 0 Å². The summed E-state index contributed by atoms with van der Waals surface area (Å²) in [5.41, 5.74) is 1.91. The van der Waals surface area contributed by atoms with E-state index in [9.17, 15) is 22.8 Å². The zero-order valence-corrected chi connectivity index (χ0v) is 11.6. The minimum Gasteiger partial charge on any atom is -0.479 e. The Labute approximate surface area is 124 Å². The summed E-state index contributed by atoms with van der Waals surface area (Å²) in [6, 6.07) is 2.42. The van der Waals surface area contributed by atoms with Gasteiger partial charge in [0.05, 0.1) is 4.47 Å². The average molecular weight is 373 g/mol. The second-order valence-electron chi connectivity index (χ2n) is 3.43. The van der Waals surface area contributed by atoms with Crippen molar-refractivity contribution in [2.75, 3.05) is 11.9 Å². The fourth-order valence-electron chi connectivity index (χ4n) is 1.11. The van der Waals surface area contributed by atoms with Crippen molar-refractivity contribution in [2.24, 2.45) is 0 Å². The lowest BCUT2D eigenvalue weighted by Gasteiger charge is -2.12. The number of hydroxylamine groups is 1. The summed E-state index contributed by atoms with van der Waals surface area (Å²) in [6.45, 7) is -0.741. The number of rotatable bonds is 5. The smallest absolute Gasteiger partial charge is 0.479 e. The van der Waals surface area contributed by atoms with E-state index >= 15 is 0 Å². The lowest BCUT2D eigenvalue weighted by atomic mass is 10.3. The molecule has 0 aromatic heterocycles. The Balaban J connectivity index is 2.59. The Morgan fingerprint density at radius 3 is 2.52 bits per heavy atom. The van der Waals surface area contributed by atoms with Crippen LogP contribution in [-0.4, -0.2) is 30.1 Å². The molecule has 1 rings (SSSR count). The van der Waals surface area contributed by atoms with Crippen LogP contribution in [0.25, 0.3) is 0 Å². The molecule has 0 fully saturated rings. The summed E-state index contributed by atoms with van der Waals surface area (Å²) in [5.74, 6) is -1.76. The maximum atomic E-state index is 12.0. The number of aliphatic carboxylic acids is 1. The Hall–Kier alpha value is -2.01. The predicted octanol–water partition coefficient (Wildman–Crippen LogP) is 2.49. The first-order valence-electron chi connectivity index (χ1n) is 5.13. The van der Waals surface area contributed by atoms with Gasteiger partial charge in [0, 0.05) is 5.69 Å². The molecular formula is C10H8BrF3N2O5. The third-order valence-electron chi connectivity index (χ3n) is 1.78. The van der Waals surface area contributed by atoms with Crippen molar-refractivity contribution in [3.05, 3.63) is 22.7 Å². The maximum Gasteiger partial charge on any atom is 0.573 e. The van der Waals surface area contributed by atoms with Crippen LogP contribution >= 0.6 is 15.9 Å². The number of benzene rings is 1. The molecule has 0 aliphatic carbocycles. The number of carbonyl (C=O) groups is 2. The number of hydrogen-bond acceptors (Lipinski definition) is 4. The third kappa shape index (κ3) is 6.81. The van der Waals surface area contributed by atoms with E-state index in [0.29, 0.717) is 0 Å². The summed E-state index contributed by atoms with van der Waals surface area (Å²) in [7, 11) is 0. The Bertz CT molecular complexity index is 538. The number of ether oxygens (including phenoxy) is 1. The van der Waals surface area contributed by atoms with Crippen molar-refractivity contribution in [1.82, 2.24) is 5.48 Å². The zero-order chi connectivity index (χ0) is 16.0. The van der Waals surface area contributed by atoms with Crippen molar-refractivity contribution >= 4 is 33.6 Å². The highest BCUT2D eigenvalue weighted by molar-refractivity contribution is 9.10. The number of nitrogens with one attached hydrogen (secondary N) is 2. The number of anilines is 1. The molecule has 3 N–H and O–H groups in total. The summed E-state index contributed by atoms with van der Waals surface area (Å²) in [6.07, 6.45) is -4.83. The predicted molar refractivity (Wildman–Crippen MR) is 66.6 cm³/mol. The van der Waals surface area contributed by atoms with Gasteiger partial charge in [-0.05, 0) is 34.1 Å². The molecule has 0 aliphatic heterocycles. The van der Waals surface area contributed by atoms with E-state index in [1.807, 2.05) is 0 Å². The van der Waals surface area contributed by atoms with Crippen LogP contribution in [-0.2, 0) is 9.63 Å². The number of urea groups is 1. The number of alkyl halides is 3. The summed E-state index contributed by atoms with van der Waals surface area (Å²) in [4.78, 5) is 25.7. The van der Waals surface area contributed by atoms with E-state index in [1.165, 1.54) is 0 Å². The molecule has 1 aromatic rings. The summed E-state index contributed by atoms with van der Waals surface area (Å²) < 4.78 is 39.8. The molecule has 0 heterocycles. The van der Waals surface area contributed by atoms with E-state index in [1.54, 1.807) is 5.48 Å². The van der Waals surface area contributed by atoms with E-state index < -0.39 is 30.7 Å². The number of carboxylic acid groups (broad SMARTS) is 1. The molecule has 1 aromatic carbocycles. The molecule has 0 atom stereocenters. The van der Waals surface area contributed by atoms with Crippen molar-refractivity contribution in [3.8, 4) is 5.75 Å². The molecule has 0 spiro atoms.